The van der Waals surface area contributed by atoms with Gasteiger partial charge in [-0.25, -0.2) is 0 Å². The first-order valence-corrected chi connectivity index (χ1v) is 8.03. The lowest BCUT2D eigenvalue weighted by Gasteiger charge is -2.16. The zero-order chi connectivity index (χ0) is 18.6. The number of ether oxygens (including phenoxy) is 2. The Morgan fingerprint density at radius 3 is 2.60 bits per heavy atom. The van der Waals surface area contributed by atoms with Crippen LogP contribution in [0, 0.1) is 13.8 Å². The summed E-state index contributed by atoms with van der Waals surface area (Å²) in [5.74, 6) is 0.990. The summed E-state index contributed by atoms with van der Waals surface area (Å²) in [6.45, 7) is 3.89. The molecule has 1 aromatic heterocycles. The summed E-state index contributed by atoms with van der Waals surface area (Å²) in [6, 6.07) is 5.17. The highest BCUT2D eigenvalue weighted by Crippen LogP contribution is 2.29. The Morgan fingerprint density at radius 2 is 2.04 bits per heavy atom. The van der Waals surface area contributed by atoms with Gasteiger partial charge in [0.15, 0.2) is 0 Å². The molecule has 0 saturated heterocycles. The van der Waals surface area contributed by atoms with E-state index in [0.29, 0.717) is 17.1 Å². The number of carbonyl (C=O) groups is 1. The van der Waals surface area contributed by atoms with Crippen molar-refractivity contribution in [3.05, 3.63) is 40.7 Å². The molecule has 0 bridgehead atoms. The Balaban J connectivity index is 2.02. The molecule has 1 atom stereocenters. The van der Waals surface area contributed by atoms with Gasteiger partial charge in [-0.3, -0.25) is 9.48 Å². The molecule has 1 heterocycles. The molecular formula is C18H25N3O4. The average molecular weight is 347 g/mol. The average Bonchev–Trinajstić information content (AvgIpc) is 2.85. The highest BCUT2D eigenvalue weighted by Gasteiger charge is 2.17. The van der Waals surface area contributed by atoms with E-state index in [2.05, 4.69) is 10.4 Å². The van der Waals surface area contributed by atoms with Crippen LogP contribution in [0.15, 0.2) is 18.2 Å². The molecule has 136 valence electrons. The summed E-state index contributed by atoms with van der Waals surface area (Å²) in [7, 11) is 4.94. The Hall–Kier alpha value is -2.54. The van der Waals surface area contributed by atoms with Crippen molar-refractivity contribution in [1.82, 2.24) is 15.1 Å². The minimum Gasteiger partial charge on any atom is -0.497 e. The van der Waals surface area contributed by atoms with E-state index in [4.69, 9.17) is 9.47 Å². The Kier molecular flexibility index (Phi) is 6.03. The second-order valence-electron chi connectivity index (χ2n) is 5.88. The molecule has 2 N–H and O–H groups in total. The second kappa shape index (κ2) is 8.02. The molecule has 25 heavy (non-hydrogen) atoms. The summed E-state index contributed by atoms with van der Waals surface area (Å²) in [5, 5.41) is 17.5. The monoisotopic (exact) mass is 347 g/mol. The van der Waals surface area contributed by atoms with Gasteiger partial charge in [-0.1, -0.05) is 0 Å². The molecule has 0 aliphatic rings. The third kappa shape index (κ3) is 4.30. The van der Waals surface area contributed by atoms with Crippen molar-refractivity contribution in [3.8, 4) is 11.5 Å². The molecule has 2 aromatic rings. The number of rotatable bonds is 7. The number of hydrogen-bond acceptors (Lipinski definition) is 5. The molecule has 0 saturated carbocycles. The summed E-state index contributed by atoms with van der Waals surface area (Å²) >= 11 is 0. The van der Waals surface area contributed by atoms with Gasteiger partial charge in [0.05, 0.1) is 32.4 Å². The van der Waals surface area contributed by atoms with Gasteiger partial charge in [-0.05, 0) is 32.0 Å². The summed E-state index contributed by atoms with van der Waals surface area (Å²) in [4.78, 5) is 12.2. The summed E-state index contributed by atoms with van der Waals surface area (Å²) in [5.41, 5.74) is 3.28. The minimum absolute atomic E-state index is 0.0840. The standard InChI is InChI=1S/C18H25N3O4/c1-11-14(12(2)21(3)20-11)9-18(23)19-10-16(22)15-8-13(24-4)6-7-17(15)25-5/h6-8,16,22H,9-10H2,1-5H3,(H,19,23)/t16-/m0/s1. The van der Waals surface area contributed by atoms with Crippen LogP contribution in [0.1, 0.15) is 28.6 Å². The lowest BCUT2D eigenvalue weighted by Crippen LogP contribution is -2.30. The molecule has 2 rings (SSSR count). The molecule has 0 spiro atoms. The van der Waals surface area contributed by atoms with Crippen molar-refractivity contribution < 1.29 is 19.4 Å². The van der Waals surface area contributed by atoms with E-state index in [-0.39, 0.29) is 18.9 Å². The van der Waals surface area contributed by atoms with Gasteiger partial charge in [-0.2, -0.15) is 5.10 Å². The Labute approximate surface area is 147 Å². The first-order valence-electron chi connectivity index (χ1n) is 8.03. The Bertz CT molecular complexity index is 755. The maximum absolute atomic E-state index is 12.2. The van der Waals surface area contributed by atoms with Crippen LogP contribution in [0.2, 0.25) is 0 Å². The lowest BCUT2D eigenvalue weighted by atomic mass is 10.1. The fourth-order valence-electron chi connectivity index (χ4n) is 2.72. The number of aromatic nitrogens is 2. The van der Waals surface area contributed by atoms with Crippen molar-refractivity contribution in [3.63, 3.8) is 0 Å². The molecule has 0 aliphatic carbocycles. The predicted molar refractivity (Wildman–Crippen MR) is 93.9 cm³/mol. The second-order valence-corrected chi connectivity index (χ2v) is 5.88. The number of aliphatic hydroxyl groups excluding tert-OH is 1. The van der Waals surface area contributed by atoms with Crippen molar-refractivity contribution in [2.24, 2.45) is 7.05 Å². The fraction of sp³-hybridized carbons (Fsp3) is 0.444. The van der Waals surface area contributed by atoms with E-state index in [9.17, 15) is 9.90 Å². The molecule has 1 aromatic carbocycles. The smallest absolute Gasteiger partial charge is 0.224 e. The number of hydrogen-bond donors (Lipinski definition) is 2. The number of aryl methyl sites for hydroxylation is 2. The van der Waals surface area contributed by atoms with Gasteiger partial charge >= 0.3 is 0 Å². The predicted octanol–water partition coefficient (Wildman–Crippen LogP) is 1.45. The molecule has 0 fully saturated rings. The summed E-state index contributed by atoms with van der Waals surface area (Å²) < 4.78 is 12.2. The first kappa shape index (κ1) is 18.8. The van der Waals surface area contributed by atoms with Gasteiger partial charge in [-0.15, -0.1) is 0 Å². The summed E-state index contributed by atoms with van der Waals surface area (Å²) in [6.07, 6.45) is -0.668. The van der Waals surface area contributed by atoms with E-state index >= 15 is 0 Å². The van der Waals surface area contributed by atoms with Crippen LogP contribution in [0.5, 0.6) is 11.5 Å². The third-order valence-electron chi connectivity index (χ3n) is 4.28. The van der Waals surface area contributed by atoms with Crippen LogP contribution in [-0.4, -0.2) is 41.6 Å². The van der Waals surface area contributed by atoms with E-state index in [1.807, 2.05) is 20.9 Å². The Morgan fingerprint density at radius 1 is 1.32 bits per heavy atom. The van der Waals surface area contributed by atoms with Crippen LogP contribution in [-0.2, 0) is 18.3 Å². The van der Waals surface area contributed by atoms with Gasteiger partial charge in [0.25, 0.3) is 0 Å². The van der Waals surface area contributed by atoms with Crippen molar-refractivity contribution in [2.45, 2.75) is 26.4 Å². The largest absolute Gasteiger partial charge is 0.497 e. The number of nitrogens with zero attached hydrogens (tertiary/aromatic N) is 2. The van der Waals surface area contributed by atoms with E-state index in [1.54, 1.807) is 30.0 Å². The highest BCUT2D eigenvalue weighted by atomic mass is 16.5. The number of aliphatic hydroxyl groups is 1. The molecule has 7 heteroatoms. The lowest BCUT2D eigenvalue weighted by molar-refractivity contribution is -0.120. The number of carbonyl (C=O) groups excluding carboxylic acids is 1. The molecule has 0 unspecified atom stereocenters. The molecule has 0 aliphatic heterocycles. The van der Waals surface area contributed by atoms with Crippen LogP contribution < -0.4 is 14.8 Å². The van der Waals surface area contributed by atoms with E-state index in [1.165, 1.54) is 7.11 Å². The third-order valence-corrected chi connectivity index (χ3v) is 4.28. The normalized spacial score (nSPS) is 11.9. The number of amides is 1. The minimum atomic E-state index is -0.898. The van der Waals surface area contributed by atoms with Crippen LogP contribution in [0.25, 0.3) is 0 Å². The zero-order valence-electron chi connectivity index (χ0n) is 15.3. The topological polar surface area (TPSA) is 85.6 Å². The fourth-order valence-corrected chi connectivity index (χ4v) is 2.72. The van der Waals surface area contributed by atoms with Gasteiger partial charge < -0.3 is 19.9 Å². The maximum atomic E-state index is 12.2. The van der Waals surface area contributed by atoms with Gasteiger partial charge in [0.1, 0.15) is 11.5 Å². The molecular weight excluding hydrogens is 322 g/mol. The maximum Gasteiger partial charge on any atom is 0.224 e. The van der Waals surface area contributed by atoms with Gasteiger partial charge in [0, 0.05) is 30.4 Å². The highest BCUT2D eigenvalue weighted by molar-refractivity contribution is 5.79. The van der Waals surface area contributed by atoms with E-state index in [0.717, 1.165) is 17.0 Å². The SMILES string of the molecule is COc1ccc(OC)c([C@@H](O)CNC(=O)Cc2c(C)nn(C)c2C)c1. The van der Waals surface area contributed by atoms with Crippen LogP contribution in [0.3, 0.4) is 0 Å². The van der Waals surface area contributed by atoms with Crippen molar-refractivity contribution in [1.29, 1.82) is 0 Å². The molecule has 7 nitrogen and oxygen atoms in total. The van der Waals surface area contributed by atoms with Crippen molar-refractivity contribution in [2.75, 3.05) is 20.8 Å². The van der Waals surface area contributed by atoms with Crippen LogP contribution >= 0.6 is 0 Å². The van der Waals surface area contributed by atoms with Gasteiger partial charge in [0.2, 0.25) is 5.91 Å². The molecule has 1 amide bonds. The number of methoxy groups -OCH3 is 2. The number of nitrogens with one attached hydrogen (secondary N) is 1. The quantitative estimate of drug-likeness (QED) is 0.792. The first-order chi connectivity index (χ1) is 11.9. The zero-order valence-corrected chi connectivity index (χ0v) is 15.3. The van der Waals surface area contributed by atoms with Crippen molar-refractivity contribution >= 4 is 5.91 Å². The van der Waals surface area contributed by atoms with E-state index < -0.39 is 6.10 Å². The molecule has 0 radical (unpaired) electrons. The number of benzene rings is 1. The van der Waals surface area contributed by atoms with Crippen LogP contribution in [0.4, 0.5) is 0 Å².